The molecule has 1 heterocycles. The quantitative estimate of drug-likeness (QED) is 0.748. The van der Waals surface area contributed by atoms with Crippen molar-refractivity contribution in [1.29, 1.82) is 0 Å². The minimum atomic E-state index is 0.899. The van der Waals surface area contributed by atoms with Crippen molar-refractivity contribution in [3.63, 3.8) is 0 Å². The SMILES string of the molecule is CCNCc1nc2c(s1)Cc1ccccc1-2. The number of benzene rings is 1. The van der Waals surface area contributed by atoms with Gasteiger partial charge < -0.3 is 5.32 Å². The normalized spacial score (nSPS) is 12.6. The number of aromatic nitrogens is 1. The lowest BCUT2D eigenvalue weighted by Gasteiger charge is -1.98. The van der Waals surface area contributed by atoms with Crippen LogP contribution in [0.4, 0.5) is 0 Å². The third kappa shape index (κ3) is 1.56. The van der Waals surface area contributed by atoms with E-state index in [-0.39, 0.29) is 0 Å². The topological polar surface area (TPSA) is 24.9 Å². The number of thiazole rings is 1. The summed E-state index contributed by atoms with van der Waals surface area (Å²) in [6.07, 6.45) is 1.06. The van der Waals surface area contributed by atoms with Gasteiger partial charge in [-0.25, -0.2) is 4.98 Å². The fraction of sp³-hybridized carbons (Fsp3) is 0.308. The first-order valence-corrected chi connectivity index (χ1v) is 6.47. The molecule has 1 aromatic heterocycles. The molecule has 3 rings (SSSR count). The molecule has 0 spiro atoms. The van der Waals surface area contributed by atoms with Crippen molar-refractivity contribution in [2.45, 2.75) is 19.9 Å². The van der Waals surface area contributed by atoms with Crippen LogP contribution in [-0.2, 0) is 13.0 Å². The fourth-order valence-electron chi connectivity index (χ4n) is 2.12. The monoisotopic (exact) mass is 230 g/mol. The maximum Gasteiger partial charge on any atom is 0.107 e. The van der Waals surface area contributed by atoms with Gasteiger partial charge in [0, 0.05) is 23.4 Å². The Balaban J connectivity index is 1.95. The summed E-state index contributed by atoms with van der Waals surface area (Å²) in [5.74, 6) is 0. The minimum Gasteiger partial charge on any atom is -0.311 e. The van der Waals surface area contributed by atoms with Crippen LogP contribution in [0.5, 0.6) is 0 Å². The first-order chi connectivity index (χ1) is 7.88. The third-order valence-electron chi connectivity index (χ3n) is 2.89. The van der Waals surface area contributed by atoms with E-state index in [4.69, 9.17) is 4.98 Å². The van der Waals surface area contributed by atoms with E-state index in [0.717, 1.165) is 19.5 Å². The lowest BCUT2D eigenvalue weighted by molar-refractivity contribution is 0.723. The molecule has 0 unspecified atom stereocenters. The summed E-state index contributed by atoms with van der Waals surface area (Å²) in [6, 6.07) is 8.58. The van der Waals surface area contributed by atoms with Crippen LogP contribution >= 0.6 is 11.3 Å². The Kier molecular flexibility index (Phi) is 2.50. The zero-order valence-corrected chi connectivity index (χ0v) is 10.1. The van der Waals surface area contributed by atoms with Gasteiger partial charge in [0.25, 0.3) is 0 Å². The second kappa shape index (κ2) is 4.00. The number of rotatable bonds is 3. The molecule has 1 aliphatic rings. The highest BCUT2D eigenvalue weighted by Crippen LogP contribution is 2.38. The highest BCUT2D eigenvalue weighted by atomic mass is 32.1. The van der Waals surface area contributed by atoms with Crippen LogP contribution in [0.1, 0.15) is 22.4 Å². The van der Waals surface area contributed by atoms with Crippen LogP contribution in [0.3, 0.4) is 0 Å². The van der Waals surface area contributed by atoms with Crippen molar-refractivity contribution in [3.8, 4) is 11.3 Å². The summed E-state index contributed by atoms with van der Waals surface area (Å²) in [5, 5.41) is 4.53. The molecule has 0 saturated carbocycles. The van der Waals surface area contributed by atoms with Gasteiger partial charge in [-0.2, -0.15) is 0 Å². The van der Waals surface area contributed by atoms with E-state index in [0.29, 0.717) is 0 Å². The summed E-state index contributed by atoms with van der Waals surface area (Å²) in [5.41, 5.74) is 3.97. The van der Waals surface area contributed by atoms with Crippen molar-refractivity contribution in [2.75, 3.05) is 6.54 Å². The van der Waals surface area contributed by atoms with Crippen LogP contribution in [0, 0.1) is 0 Å². The van der Waals surface area contributed by atoms with Gasteiger partial charge in [0.1, 0.15) is 5.01 Å². The van der Waals surface area contributed by atoms with Crippen LogP contribution in [0.2, 0.25) is 0 Å². The van der Waals surface area contributed by atoms with E-state index in [9.17, 15) is 0 Å². The zero-order valence-electron chi connectivity index (χ0n) is 9.29. The Morgan fingerprint density at radius 2 is 2.25 bits per heavy atom. The van der Waals surface area contributed by atoms with E-state index in [1.807, 2.05) is 11.3 Å². The average molecular weight is 230 g/mol. The van der Waals surface area contributed by atoms with E-state index < -0.39 is 0 Å². The van der Waals surface area contributed by atoms with Gasteiger partial charge in [-0.15, -0.1) is 11.3 Å². The van der Waals surface area contributed by atoms with Gasteiger partial charge in [0.05, 0.1) is 5.69 Å². The second-order valence-electron chi connectivity index (χ2n) is 3.99. The number of nitrogens with zero attached hydrogens (tertiary/aromatic N) is 1. The van der Waals surface area contributed by atoms with Crippen molar-refractivity contribution in [3.05, 3.63) is 39.7 Å². The predicted molar refractivity (Wildman–Crippen MR) is 67.7 cm³/mol. The number of hydrogen-bond donors (Lipinski definition) is 1. The Bertz CT molecular complexity index is 516. The lowest BCUT2D eigenvalue weighted by Crippen LogP contribution is -2.11. The Labute approximate surface area is 99.4 Å². The highest BCUT2D eigenvalue weighted by Gasteiger charge is 2.22. The second-order valence-corrected chi connectivity index (χ2v) is 5.16. The first kappa shape index (κ1) is 10.00. The van der Waals surface area contributed by atoms with Crippen LogP contribution in [0.25, 0.3) is 11.3 Å². The minimum absolute atomic E-state index is 0.899. The van der Waals surface area contributed by atoms with E-state index in [1.165, 1.54) is 26.7 Å². The van der Waals surface area contributed by atoms with Gasteiger partial charge in [-0.3, -0.25) is 0 Å². The maximum absolute atomic E-state index is 4.73. The molecular weight excluding hydrogens is 216 g/mol. The Morgan fingerprint density at radius 3 is 3.12 bits per heavy atom. The summed E-state index contributed by atoms with van der Waals surface area (Å²) < 4.78 is 0. The van der Waals surface area contributed by atoms with Crippen molar-refractivity contribution in [2.24, 2.45) is 0 Å². The van der Waals surface area contributed by atoms with Crippen LogP contribution in [0.15, 0.2) is 24.3 Å². The number of nitrogens with one attached hydrogen (secondary N) is 1. The molecule has 16 heavy (non-hydrogen) atoms. The van der Waals surface area contributed by atoms with Crippen molar-refractivity contribution in [1.82, 2.24) is 10.3 Å². The Morgan fingerprint density at radius 1 is 1.38 bits per heavy atom. The largest absolute Gasteiger partial charge is 0.311 e. The van der Waals surface area contributed by atoms with E-state index >= 15 is 0 Å². The molecule has 0 saturated heterocycles. The molecule has 0 amide bonds. The predicted octanol–water partition coefficient (Wildman–Crippen LogP) is 2.82. The molecule has 2 nitrogen and oxygen atoms in total. The molecule has 1 aromatic carbocycles. The van der Waals surface area contributed by atoms with Crippen molar-refractivity contribution >= 4 is 11.3 Å². The molecule has 1 aliphatic carbocycles. The summed E-state index contributed by atoms with van der Waals surface area (Å²) in [4.78, 5) is 6.15. The van der Waals surface area contributed by atoms with Crippen LogP contribution in [-0.4, -0.2) is 11.5 Å². The molecule has 0 atom stereocenters. The zero-order chi connectivity index (χ0) is 11.0. The summed E-state index contributed by atoms with van der Waals surface area (Å²) >= 11 is 1.84. The summed E-state index contributed by atoms with van der Waals surface area (Å²) in [7, 11) is 0. The van der Waals surface area contributed by atoms with E-state index in [1.54, 1.807) is 0 Å². The van der Waals surface area contributed by atoms with Gasteiger partial charge >= 0.3 is 0 Å². The molecule has 0 radical (unpaired) electrons. The molecule has 3 heteroatoms. The van der Waals surface area contributed by atoms with Gasteiger partial charge in [0.15, 0.2) is 0 Å². The first-order valence-electron chi connectivity index (χ1n) is 5.66. The fourth-order valence-corrected chi connectivity index (χ4v) is 3.19. The number of fused-ring (bicyclic) bond motifs is 3. The van der Waals surface area contributed by atoms with Gasteiger partial charge in [-0.05, 0) is 12.1 Å². The van der Waals surface area contributed by atoms with Crippen LogP contribution < -0.4 is 5.32 Å². The lowest BCUT2D eigenvalue weighted by atomic mass is 10.1. The molecule has 82 valence electrons. The molecule has 1 N–H and O–H groups in total. The smallest absolute Gasteiger partial charge is 0.107 e. The molecule has 0 bridgehead atoms. The maximum atomic E-state index is 4.73. The molecule has 0 fully saturated rings. The Hall–Kier alpha value is -1.19. The molecular formula is C13H14N2S. The highest BCUT2D eigenvalue weighted by molar-refractivity contribution is 7.12. The molecule has 2 aromatic rings. The third-order valence-corrected chi connectivity index (χ3v) is 3.95. The molecule has 0 aliphatic heterocycles. The number of hydrogen-bond acceptors (Lipinski definition) is 3. The standard InChI is InChI=1S/C13H14N2S/c1-2-14-8-12-15-13-10-6-4-3-5-9(10)7-11(13)16-12/h3-6,14H,2,7-8H2,1H3. The van der Waals surface area contributed by atoms with Gasteiger partial charge in [0.2, 0.25) is 0 Å². The average Bonchev–Trinajstić information content (AvgIpc) is 2.83. The van der Waals surface area contributed by atoms with Crippen molar-refractivity contribution < 1.29 is 0 Å². The van der Waals surface area contributed by atoms with E-state index in [2.05, 4.69) is 36.5 Å². The van der Waals surface area contributed by atoms with Gasteiger partial charge in [-0.1, -0.05) is 31.2 Å². The summed E-state index contributed by atoms with van der Waals surface area (Å²) in [6.45, 7) is 4.02.